The van der Waals surface area contributed by atoms with Gasteiger partial charge in [-0.1, -0.05) is 6.07 Å². The highest BCUT2D eigenvalue weighted by atomic mass is 32.2. The van der Waals surface area contributed by atoms with Crippen LogP contribution in [0.4, 0.5) is 0 Å². The van der Waals surface area contributed by atoms with Crippen LogP contribution in [0.5, 0.6) is 0 Å². The number of hydrogen-bond donors (Lipinski definition) is 1. The molecule has 3 nitrogen and oxygen atoms in total. The van der Waals surface area contributed by atoms with E-state index in [0.29, 0.717) is 6.04 Å². The van der Waals surface area contributed by atoms with Gasteiger partial charge in [-0.2, -0.15) is 0 Å². The Morgan fingerprint density at radius 2 is 1.91 bits per heavy atom. The Hall–Kier alpha value is -1.29. The van der Waals surface area contributed by atoms with E-state index in [1.807, 2.05) is 20.8 Å². The van der Waals surface area contributed by atoms with Crippen molar-refractivity contribution in [2.45, 2.75) is 64.5 Å². The normalized spacial score (nSPS) is 15.5. The van der Waals surface area contributed by atoms with Crippen LogP contribution >= 0.6 is 11.8 Å². The van der Waals surface area contributed by atoms with Crippen LogP contribution in [-0.4, -0.2) is 23.0 Å². The molecule has 2 rings (SSSR count). The molecular weight excluding hydrogens is 294 g/mol. The van der Waals surface area contributed by atoms with Crippen molar-refractivity contribution in [1.82, 2.24) is 5.32 Å². The van der Waals surface area contributed by atoms with Crippen molar-refractivity contribution in [1.29, 1.82) is 0 Å². The first-order valence-corrected chi connectivity index (χ1v) is 8.88. The second-order valence-electron chi connectivity index (χ2n) is 6.28. The average Bonchev–Trinajstić information content (AvgIpc) is 3.20. The standard InChI is InChI=1S/C18H25NO2S/c1-10-8-11(2)17(13(4)20)12(3)16(10)9-22-14(5)18(21)19-15-6-7-15/h8,14-15H,6-7,9H2,1-5H3,(H,19,21). The van der Waals surface area contributed by atoms with Gasteiger partial charge in [0.05, 0.1) is 5.25 Å². The summed E-state index contributed by atoms with van der Waals surface area (Å²) >= 11 is 1.64. The van der Waals surface area contributed by atoms with Crippen molar-refractivity contribution in [2.75, 3.05) is 0 Å². The van der Waals surface area contributed by atoms with E-state index in [-0.39, 0.29) is 16.9 Å². The molecule has 0 heterocycles. The summed E-state index contributed by atoms with van der Waals surface area (Å²) in [5.41, 5.74) is 5.31. The van der Waals surface area contributed by atoms with E-state index < -0.39 is 0 Å². The zero-order chi connectivity index (χ0) is 16.4. The molecule has 1 aliphatic rings. The number of Topliss-reactive ketones (excluding diaryl/α,β-unsaturated/α-hetero) is 1. The van der Waals surface area contributed by atoms with Gasteiger partial charge in [0.2, 0.25) is 5.91 Å². The Morgan fingerprint density at radius 1 is 1.27 bits per heavy atom. The fraction of sp³-hybridized carbons (Fsp3) is 0.556. The van der Waals surface area contributed by atoms with Gasteiger partial charge in [0.1, 0.15) is 0 Å². The van der Waals surface area contributed by atoms with Crippen LogP contribution in [0.1, 0.15) is 59.3 Å². The van der Waals surface area contributed by atoms with Crippen molar-refractivity contribution >= 4 is 23.5 Å². The highest BCUT2D eigenvalue weighted by Gasteiger charge is 2.26. The molecule has 4 heteroatoms. The van der Waals surface area contributed by atoms with Crippen molar-refractivity contribution in [2.24, 2.45) is 0 Å². The Bertz CT molecular complexity index is 606. The first-order valence-electron chi connectivity index (χ1n) is 7.83. The molecule has 1 aromatic carbocycles. The lowest BCUT2D eigenvalue weighted by Gasteiger charge is -2.17. The molecule has 1 saturated carbocycles. The van der Waals surface area contributed by atoms with Gasteiger partial charge in [-0.25, -0.2) is 0 Å². The topological polar surface area (TPSA) is 46.2 Å². The van der Waals surface area contributed by atoms with E-state index in [4.69, 9.17) is 0 Å². The van der Waals surface area contributed by atoms with Crippen molar-refractivity contribution in [3.63, 3.8) is 0 Å². The summed E-state index contributed by atoms with van der Waals surface area (Å²) < 4.78 is 0. The van der Waals surface area contributed by atoms with Crippen LogP contribution in [0.25, 0.3) is 0 Å². The van der Waals surface area contributed by atoms with Crippen LogP contribution in [0.3, 0.4) is 0 Å². The molecule has 0 spiro atoms. The van der Waals surface area contributed by atoms with Crippen molar-refractivity contribution in [3.05, 3.63) is 33.9 Å². The zero-order valence-corrected chi connectivity index (χ0v) is 14.9. The summed E-state index contributed by atoms with van der Waals surface area (Å²) in [6, 6.07) is 2.48. The molecule has 0 saturated heterocycles. The minimum Gasteiger partial charge on any atom is -0.352 e. The number of rotatable bonds is 6. The third kappa shape index (κ3) is 3.92. The largest absolute Gasteiger partial charge is 0.352 e. The number of benzene rings is 1. The second-order valence-corrected chi connectivity index (χ2v) is 7.61. The molecule has 1 aliphatic carbocycles. The Kier molecular flexibility index (Phi) is 5.32. The van der Waals surface area contributed by atoms with Crippen LogP contribution in [0, 0.1) is 20.8 Å². The minimum absolute atomic E-state index is 0.0681. The number of aryl methyl sites for hydroxylation is 2. The number of nitrogens with one attached hydrogen (secondary N) is 1. The van der Waals surface area contributed by atoms with Gasteiger partial charge in [-0.3, -0.25) is 9.59 Å². The smallest absolute Gasteiger partial charge is 0.233 e. The van der Waals surface area contributed by atoms with Gasteiger partial charge in [0.25, 0.3) is 0 Å². The summed E-state index contributed by atoms with van der Waals surface area (Å²) in [6.45, 7) is 9.65. The fourth-order valence-corrected chi connectivity index (χ4v) is 3.90. The maximum atomic E-state index is 12.0. The number of thioether (sulfide) groups is 1. The Morgan fingerprint density at radius 3 is 2.45 bits per heavy atom. The van der Waals surface area contributed by atoms with Crippen molar-refractivity contribution < 1.29 is 9.59 Å². The van der Waals surface area contributed by atoms with Gasteiger partial charge in [0, 0.05) is 17.4 Å². The Labute approximate surface area is 137 Å². The van der Waals surface area contributed by atoms with Crippen LogP contribution in [-0.2, 0) is 10.5 Å². The monoisotopic (exact) mass is 319 g/mol. The maximum absolute atomic E-state index is 12.0. The first-order chi connectivity index (χ1) is 10.3. The summed E-state index contributed by atoms with van der Waals surface area (Å²) in [6.07, 6.45) is 2.22. The van der Waals surface area contributed by atoms with E-state index in [1.54, 1.807) is 18.7 Å². The first kappa shape index (κ1) is 17.1. The number of carbonyl (C=O) groups excluding carboxylic acids is 2. The third-order valence-corrected chi connectivity index (χ3v) is 5.42. The molecule has 0 aliphatic heterocycles. The summed E-state index contributed by atoms with van der Waals surface area (Å²) in [5, 5.41) is 2.98. The molecule has 1 amide bonds. The summed E-state index contributed by atoms with van der Waals surface area (Å²) in [7, 11) is 0. The van der Waals surface area contributed by atoms with E-state index >= 15 is 0 Å². The molecule has 120 valence electrons. The molecule has 0 aromatic heterocycles. The van der Waals surface area contributed by atoms with Crippen molar-refractivity contribution in [3.8, 4) is 0 Å². The van der Waals surface area contributed by atoms with Gasteiger partial charge < -0.3 is 5.32 Å². The highest BCUT2D eigenvalue weighted by Crippen LogP contribution is 2.28. The maximum Gasteiger partial charge on any atom is 0.233 e. The zero-order valence-electron chi connectivity index (χ0n) is 14.1. The quantitative estimate of drug-likeness (QED) is 0.813. The molecule has 1 aromatic rings. The van der Waals surface area contributed by atoms with Gasteiger partial charge in [0.15, 0.2) is 5.78 Å². The minimum atomic E-state index is -0.0681. The van der Waals surface area contributed by atoms with Crippen LogP contribution < -0.4 is 5.32 Å². The highest BCUT2D eigenvalue weighted by molar-refractivity contribution is 7.99. The summed E-state index contributed by atoms with van der Waals surface area (Å²) in [5.74, 6) is 1.000. The lowest BCUT2D eigenvalue weighted by molar-refractivity contribution is -0.120. The number of ketones is 1. The molecule has 1 atom stereocenters. The number of carbonyl (C=O) groups is 2. The molecular formula is C18H25NO2S. The van der Waals surface area contributed by atoms with Gasteiger partial charge in [-0.05, 0) is 69.7 Å². The molecule has 1 unspecified atom stereocenters. The van der Waals surface area contributed by atoms with Crippen LogP contribution in [0.2, 0.25) is 0 Å². The molecule has 0 bridgehead atoms. The molecule has 1 N–H and O–H groups in total. The van der Waals surface area contributed by atoms with Gasteiger partial charge >= 0.3 is 0 Å². The number of hydrogen-bond acceptors (Lipinski definition) is 3. The number of amides is 1. The lowest BCUT2D eigenvalue weighted by atomic mass is 9.92. The SMILES string of the molecule is CC(=O)c1c(C)cc(C)c(CSC(C)C(=O)NC2CC2)c1C. The van der Waals surface area contributed by atoms with E-state index in [1.165, 1.54) is 11.1 Å². The van der Waals surface area contributed by atoms with Gasteiger partial charge in [-0.15, -0.1) is 11.8 Å². The Balaban J connectivity index is 2.10. The fourth-order valence-electron chi connectivity index (χ4n) is 2.82. The average molecular weight is 319 g/mol. The molecule has 22 heavy (non-hydrogen) atoms. The van der Waals surface area contributed by atoms with Crippen LogP contribution in [0.15, 0.2) is 6.07 Å². The van der Waals surface area contributed by atoms with E-state index in [9.17, 15) is 9.59 Å². The van der Waals surface area contributed by atoms with E-state index in [0.717, 1.165) is 35.3 Å². The predicted octanol–water partition coefficient (Wildman–Crippen LogP) is 3.71. The second kappa shape index (κ2) is 6.86. The third-order valence-electron chi connectivity index (χ3n) is 4.25. The summed E-state index contributed by atoms with van der Waals surface area (Å²) in [4.78, 5) is 23.9. The lowest BCUT2D eigenvalue weighted by Crippen LogP contribution is -2.32. The molecule has 0 radical (unpaired) electrons. The molecule has 1 fully saturated rings. The van der Waals surface area contributed by atoms with E-state index in [2.05, 4.69) is 18.3 Å². The predicted molar refractivity (Wildman–Crippen MR) is 92.6 cm³/mol.